The summed E-state index contributed by atoms with van der Waals surface area (Å²) >= 11 is 4.66. The summed E-state index contributed by atoms with van der Waals surface area (Å²) in [5.41, 5.74) is 0.505. The molecule has 0 amide bonds. The summed E-state index contributed by atoms with van der Waals surface area (Å²) in [6, 6.07) is 0. The number of fused-ring (bicyclic) bond motifs is 1. The maximum Gasteiger partial charge on any atom is 0.343 e. The second-order valence-corrected chi connectivity index (χ2v) is 5.45. The van der Waals surface area contributed by atoms with E-state index in [0.717, 1.165) is 5.65 Å². The van der Waals surface area contributed by atoms with Crippen molar-refractivity contribution in [1.82, 2.24) is 29.1 Å². The van der Waals surface area contributed by atoms with Crippen molar-refractivity contribution < 1.29 is 0 Å². The fraction of sp³-hybridized carbons (Fsp3) is 0.200. The summed E-state index contributed by atoms with van der Waals surface area (Å²) in [6.45, 7) is 2.44. The number of halogens is 1. The molecule has 0 aliphatic rings. The zero-order chi connectivity index (χ0) is 13.4. The van der Waals surface area contributed by atoms with Crippen LogP contribution in [0.1, 0.15) is 6.92 Å². The van der Waals surface area contributed by atoms with E-state index in [9.17, 15) is 4.79 Å². The maximum atomic E-state index is 11.5. The molecule has 0 aliphatic heterocycles. The van der Waals surface area contributed by atoms with Gasteiger partial charge in [-0.25, -0.2) is 19.9 Å². The zero-order valence-electron chi connectivity index (χ0n) is 9.87. The Kier molecular flexibility index (Phi) is 3.15. The van der Waals surface area contributed by atoms with Crippen molar-refractivity contribution >= 4 is 33.3 Å². The van der Waals surface area contributed by atoms with Gasteiger partial charge in [-0.15, -0.1) is 5.10 Å². The van der Waals surface area contributed by atoms with Gasteiger partial charge in [-0.2, -0.15) is 0 Å². The van der Waals surface area contributed by atoms with Crippen LogP contribution in [0.3, 0.4) is 0 Å². The molecule has 0 aliphatic carbocycles. The first kappa shape index (κ1) is 12.4. The van der Waals surface area contributed by atoms with Crippen LogP contribution >= 0.6 is 27.7 Å². The molecular weight excluding hydrogens is 332 g/mol. The summed E-state index contributed by atoms with van der Waals surface area (Å²) in [4.78, 5) is 20.2. The van der Waals surface area contributed by atoms with Gasteiger partial charge < -0.3 is 4.40 Å². The summed E-state index contributed by atoms with van der Waals surface area (Å²) in [6.07, 6.45) is 5.36. The number of imidazole rings is 1. The molecule has 0 fully saturated rings. The third kappa shape index (κ3) is 2.19. The fourth-order valence-electron chi connectivity index (χ4n) is 1.69. The predicted octanol–water partition coefficient (Wildman–Crippen LogP) is 1.55. The van der Waals surface area contributed by atoms with E-state index in [2.05, 4.69) is 36.1 Å². The standard InChI is InChI=1S/C10H9BrN6OS/c1-2-17-9(18)14-15-10(17)19-8-7-12-3-4-16(7)5-6(11)13-8/h3-5H,2H2,1H3,(H,14,18). The molecule has 0 unspecified atom stereocenters. The van der Waals surface area contributed by atoms with Gasteiger partial charge in [-0.1, -0.05) is 0 Å². The van der Waals surface area contributed by atoms with Gasteiger partial charge in [0.15, 0.2) is 10.8 Å². The number of rotatable bonds is 3. The molecule has 0 saturated carbocycles. The van der Waals surface area contributed by atoms with E-state index < -0.39 is 0 Å². The highest BCUT2D eigenvalue weighted by atomic mass is 79.9. The van der Waals surface area contributed by atoms with Crippen molar-refractivity contribution in [2.24, 2.45) is 0 Å². The van der Waals surface area contributed by atoms with Crippen LogP contribution in [0, 0.1) is 0 Å². The molecular formula is C10H9BrN6OS. The number of H-pyrrole nitrogens is 1. The average molecular weight is 341 g/mol. The summed E-state index contributed by atoms with van der Waals surface area (Å²) in [5, 5.41) is 7.69. The lowest BCUT2D eigenvalue weighted by atomic mass is 10.7. The largest absolute Gasteiger partial charge is 0.343 e. The van der Waals surface area contributed by atoms with Crippen molar-refractivity contribution in [3.63, 3.8) is 0 Å². The van der Waals surface area contributed by atoms with Crippen molar-refractivity contribution in [2.75, 3.05) is 0 Å². The topological polar surface area (TPSA) is 80.9 Å². The van der Waals surface area contributed by atoms with Crippen LogP contribution < -0.4 is 5.69 Å². The molecule has 0 bridgehead atoms. The minimum atomic E-state index is -0.223. The quantitative estimate of drug-likeness (QED) is 0.782. The van der Waals surface area contributed by atoms with Crippen molar-refractivity contribution in [2.45, 2.75) is 23.7 Å². The number of hydrogen-bond acceptors (Lipinski definition) is 5. The monoisotopic (exact) mass is 340 g/mol. The van der Waals surface area contributed by atoms with Crippen LogP contribution in [0.5, 0.6) is 0 Å². The molecule has 0 radical (unpaired) electrons. The normalized spacial score (nSPS) is 11.3. The third-order valence-corrected chi connectivity index (χ3v) is 3.88. The van der Waals surface area contributed by atoms with Gasteiger partial charge in [-0.3, -0.25) is 4.57 Å². The van der Waals surface area contributed by atoms with E-state index in [4.69, 9.17) is 0 Å². The van der Waals surface area contributed by atoms with Crippen LogP contribution in [0.25, 0.3) is 5.65 Å². The van der Waals surface area contributed by atoms with Crippen molar-refractivity contribution in [3.05, 3.63) is 33.7 Å². The average Bonchev–Trinajstić information content (AvgIpc) is 2.96. The maximum absolute atomic E-state index is 11.5. The number of aromatic amines is 1. The van der Waals surface area contributed by atoms with Gasteiger partial charge in [0.1, 0.15) is 9.63 Å². The molecule has 19 heavy (non-hydrogen) atoms. The minimum Gasteiger partial charge on any atom is -0.302 e. The predicted molar refractivity (Wildman–Crippen MR) is 73.3 cm³/mol. The summed E-state index contributed by atoms with van der Waals surface area (Å²) in [7, 11) is 0. The van der Waals surface area contributed by atoms with Crippen molar-refractivity contribution in [3.8, 4) is 0 Å². The van der Waals surface area contributed by atoms with E-state index in [1.807, 2.05) is 23.7 Å². The Labute approximate surface area is 120 Å². The van der Waals surface area contributed by atoms with Crippen molar-refractivity contribution in [1.29, 1.82) is 0 Å². The lowest BCUT2D eigenvalue weighted by Crippen LogP contribution is -2.16. The Bertz CT molecular complexity index is 791. The summed E-state index contributed by atoms with van der Waals surface area (Å²) < 4.78 is 4.11. The Hall–Kier alpha value is -1.61. The molecule has 0 saturated heterocycles. The minimum absolute atomic E-state index is 0.223. The Morgan fingerprint density at radius 3 is 3.16 bits per heavy atom. The van der Waals surface area contributed by atoms with Gasteiger partial charge in [-0.05, 0) is 34.6 Å². The molecule has 0 spiro atoms. The van der Waals surface area contributed by atoms with Crippen LogP contribution in [-0.2, 0) is 6.54 Å². The first-order chi connectivity index (χ1) is 9.19. The number of hydrogen-bond donors (Lipinski definition) is 1. The molecule has 3 heterocycles. The highest BCUT2D eigenvalue weighted by Crippen LogP contribution is 2.27. The van der Waals surface area contributed by atoms with Gasteiger partial charge in [0.25, 0.3) is 0 Å². The van der Waals surface area contributed by atoms with E-state index >= 15 is 0 Å². The SMILES string of the molecule is CCn1c(Sc2nc(Br)cn3ccnc23)n[nH]c1=O. The van der Waals surface area contributed by atoms with Gasteiger partial charge in [0.2, 0.25) is 0 Å². The second-order valence-electron chi connectivity index (χ2n) is 3.68. The third-order valence-electron chi connectivity index (χ3n) is 2.54. The van der Waals surface area contributed by atoms with Crippen LogP contribution in [-0.4, -0.2) is 29.1 Å². The molecule has 1 N–H and O–H groups in total. The Morgan fingerprint density at radius 1 is 1.53 bits per heavy atom. The molecule has 7 nitrogen and oxygen atoms in total. The smallest absolute Gasteiger partial charge is 0.302 e. The molecule has 3 aromatic heterocycles. The first-order valence-corrected chi connectivity index (χ1v) is 7.12. The van der Waals surface area contributed by atoms with Gasteiger partial charge in [0, 0.05) is 25.1 Å². The lowest BCUT2D eigenvalue weighted by molar-refractivity contribution is 0.660. The number of nitrogens with one attached hydrogen (secondary N) is 1. The Balaban J connectivity index is 2.10. The van der Waals surface area contributed by atoms with E-state index in [1.165, 1.54) is 11.8 Å². The van der Waals surface area contributed by atoms with Crippen LogP contribution in [0.2, 0.25) is 0 Å². The van der Waals surface area contributed by atoms with Gasteiger partial charge in [0.05, 0.1) is 0 Å². The second kappa shape index (κ2) is 4.82. The molecule has 3 rings (SSSR count). The van der Waals surface area contributed by atoms with E-state index in [0.29, 0.717) is 21.3 Å². The van der Waals surface area contributed by atoms with E-state index in [1.54, 1.807) is 10.8 Å². The zero-order valence-corrected chi connectivity index (χ0v) is 12.3. The molecule has 98 valence electrons. The molecule has 9 heteroatoms. The highest BCUT2D eigenvalue weighted by Gasteiger charge is 2.13. The fourth-order valence-corrected chi connectivity index (χ4v) is 3.18. The summed E-state index contributed by atoms with van der Waals surface area (Å²) in [5.74, 6) is 0. The number of aromatic nitrogens is 6. The first-order valence-electron chi connectivity index (χ1n) is 5.51. The highest BCUT2D eigenvalue weighted by molar-refractivity contribution is 9.10. The van der Waals surface area contributed by atoms with Crippen LogP contribution in [0.15, 0.2) is 38.2 Å². The van der Waals surface area contributed by atoms with E-state index in [-0.39, 0.29) is 5.69 Å². The lowest BCUT2D eigenvalue weighted by Gasteiger charge is -2.04. The molecule has 0 atom stereocenters. The van der Waals surface area contributed by atoms with Gasteiger partial charge >= 0.3 is 5.69 Å². The molecule has 0 aromatic carbocycles. The number of nitrogens with zero attached hydrogens (tertiary/aromatic N) is 5. The van der Waals surface area contributed by atoms with Crippen LogP contribution in [0.4, 0.5) is 0 Å². The molecule has 3 aromatic rings. The Morgan fingerprint density at radius 2 is 2.37 bits per heavy atom.